The number of aromatic nitrogens is 1. The van der Waals surface area contributed by atoms with Crippen LogP contribution in [0.5, 0.6) is 17.2 Å². The van der Waals surface area contributed by atoms with Crippen LogP contribution in [-0.4, -0.2) is 32.3 Å². The first-order valence-corrected chi connectivity index (χ1v) is 9.35. The predicted molar refractivity (Wildman–Crippen MR) is 110 cm³/mol. The van der Waals surface area contributed by atoms with Crippen LogP contribution in [0.1, 0.15) is 5.56 Å². The Morgan fingerprint density at radius 3 is 2.43 bits per heavy atom. The van der Waals surface area contributed by atoms with Gasteiger partial charge in [-0.05, 0) is 23.1 Å². The zero-order valence-electron chi connectivity index (χ0n) is 15.8. The highest BCUT2D eigenvalue weighted by Crippen LogP contribution is 2.39. The van der Waals surface area contributed by atoms with Crippen molar-refractivity contribution in [2.45, 2.75) is 6.54 Å². The molecule has 0 spiro atoms. The van der Waals surface area contributed by atoms with Gasteiger partial charge in [0.05, 0.1) is 27.0 Å². The van der Waals surface area contributed by atoms with Crippen molar-refractivity contribution in [3.63, 3.8) is 0 Å². The summed E-state index contributed by atoms with van der Waals surface area (Å²) >= 11 is 1.65. The minimum Gasteiger partial charge on any atom is -0.493 e. The number of thiophene rings is 1. The molecule has 0 radical (unpaired) electrons. The van der Waals surface area contributed by atoms with Crippen LogP contribution in [0.25, 0.3) is 10.4 Å². The van der Waals surface area contributed by atoms with E-state index in [9.17, 15) is 4.79 Å². The Hall–Kier alpha value is -3.26. The predicted octanol–water partition coefficient (Wildman–Crippen LogP) is 4.16. The summed E-state index contributed by atoms with van der Waals surface area (Å²) in [5.41, 5.74) is 2.46. The summed E-state index contributed by atoms with van der Waals surface area (Å²) < 4.78 is 15.9. The molecule has 0 saturated carbocycles. The molecule has 2 amide bonds. The second-order valence-corrected chi connectivity index (χ2v) is 6.73. The van der Waals surface area contributed by atoms with Crippen LogP contribution in [-0.2, 0) is 6.54 Å². The molecule has 0 aliphatic heterocycles. The number of carbonyl (C=O) groups excluding carboxylic acids is 1. The maximum absolute atomic E-state index is 12.3. The molecule has 2 heterocycles. The fourth-order valence-electron chi connectivity index (χ4n) is 2.67. The van der Waals surface area contributed by atoms with Crippen molar-refractivity contribution in [2.24, 2.45) is 0 Å². The molecule has 0 bridgehead atoms. The van der Waals surface area contributed by atoms with E-state index in [2.05, 4.69) is 15.6 Å². The molecular formula is C20H21N3O4S. The monoisotopic (exact) mass is 399 g/mol. The van der Waals surface area contributed by atoms with E-state index in [-0.39, 0.29) is 6.03 Å². The number of urea groups is 1. The molecule has 7 nitrogen and oxygen atoms in total. The van der Waals surface area contributed by atoms with Crippen molar-refractivity contribution in [1.29, 1.82) is 0 Å². The molecular weight excluding hydrogens is 378 g/mol. The first-order valence-electron chi connectivity index (χ1n) is 8.47. The van der Waals surface area contributed by atoms with Gasteiger partial charge in [-0.1, -0.05) is 6.07 Å². The zero-order chi connectivity index (χ0) is 19.9. The highest BCUT2D eigenvalue weighted by atomic mass is 32.1. The summed E-state index contributed by atoms with van der Waals surface area (Å²) in [7, 11) is 4.57. The van der Waals surface area contributed by atoms with E-state index in [0.717, 1.165) is 16.0 Å². The van der Waals surface area contributed by atoms with Gasteiger partial charge < -0.3 is 24.8 Å². The molecule has 0 saturated heterocycles. The Morgan fingerprint density at radius 2 is 1.82 bits per heavy atom. The average Bonchev–Trinajstić information content (AvgIpc) is 3.26. The molecule has 0 aliphatic rings. The lowest BCUT2D eigenvalue weighted by atomic mass is 10.2. The van der Waals surface area contributed by atoms with Crippen LogP contribution < -0.4 is 24.8 Å². The highest BCUT2D eigenvalue weighted by molar-refractivity contribution is 7.13. The quantitative estimate of drug-likeness (QED) is 0.624. The fraction of sp³-hybridized carbons (Fsp3) is 0.200. The molecule has 8 heteroatoms. The number of rotatable bonds is 7. The number of nitrogens with one attached hydrogen (secondary N) is 2. The van der Waals surface area contributed by atoms with E-state index in [4.69, 9.17) is 14.2 Å². The number of amides is 2. The SMILES string of the molecule is COc1cc(NC(=O)NCc2cncc(-c3cccs3)c2)cc(OC)c1OC. The third-order valence-electron chi connectivity index (χ3n) is 3.98. The summed E-state index contributed by atoms with van der Waals surface area (Å²) in [4.78, 5) is 17.7. The molecule has 146 valence electrons. The van der Waals surface area contributed by atoms with Crippen molar-refractivity contribution in [1.82, 2.24) is 10.3 Å². The van der Waals surface area contributed by atoms with Gasteiger partial charge in [0.25, 0.3) is 0 Å². The summed E-state index contributed by atoms with van der Waals surface area (Å²) in [5, 5.41) is 7.61. The van der Waals surface area contributed by atoms with E-state index in [1.165, 1.54) is 21.3 Å². The van der Waals surface area contributed by atoms with Crippen LogP contribution >= 0.6 is 11.3 Å². The number of benzene rings is 1. The number of hydrogen-bond donors (Lipinski definition) is 2. The Labute approximate surface area is 167 Å². The fourth-order valence-corrected chi connectivity index (χ4v) is 3.38. The second kappa shape index (κ2) is 9.09. The maximum Gasteiger partial charge on any atom is 0.319 e. The zero-order valence-corrected chi connectivity index (χ0v) is 16.6. The second-order valence-electron chi connectivity index (χ2n) is 5.78. The summed E-state index contributed by atoms with van der Waals surface area (Å²) in [5.74, 6) is 1.39. The Bertz CT molecular complexity index is 919. The molecule has 0 unspecified atom stereocenters. The van der Waals surface area contributed by atoms with Crippen molar-refractivity contribution < 1.29 is 19.0 Å². The number of ether oxygens (including phenoxy) is 3. The lowest BCUT2D eigenvalue weighted by Crippen LogP contribution is -2.28. The molecule has 1 aromatic carbocycles. The summed E-state index contributed by atoms with van der Waals surface area (Å²) in [6.07, 6.45) is 3.54. The summed E-state index contributed by atoms with van der Waals surface area (Å²) in [6, 6.07) is 9.03. The Balaban J connectivity index is 1.66. The third kappa shape index (κ3) is 4.52. The molecule has 28 heavy (non-hydrogen) atoms. The highest BCUT2D eigenvalue weighted by Gasteiger charge is 2.14. The third-order valence-corrected chi connectivity index (χ3v) is 4.90. The van der Waals surface area contributed by atoms with Crippen LogP contribution in [0.15, 0.2) is 48.1 Å². The lowest BCUT2D eigenvalue weighted by molar-refractivity contribution is 0.251. The van der Waals surface area contributed by atoms with Gasteiger partial charge >= 0.3 is 6.03 Å². The van der Waals surface area contributed by atoms with Crippen molar-refractivity contribution in [3.05, 3.63) is 53.7 Å². The van der Waals surface area contributed by atoms with Crippen LogP contribution in [0, 0.1) is 0 Å². The summed E-state index contributed by atoms with van der Waals surface area (Å²) in [6.45, 7) is 0.350. The van der Waals surface area contributed by atoms with E-state index < -0.39 is 0 Å². The van der Waals surface area contributed by atoms with Crippen LogP contribution in [0.4, 0.5) is 10.5 Å². The van der Waals surface area contributed by atoms with Gasteiger partial charge in [-0.25, -0.2) is 4.79 Å². The van der Waals surface area contributed by atoms with Gasteiger partial charge in [-0.2, -0.15) is 0 Å². The Kier molecular flexibility index (Phi) is 6.33. The smallest absolute Gasteiger partial charge is 0.319 e. The average molecular weight is 399 g/mol. The molecule has 3 rings (SSSR count). The number of pyridine rings is 1. The molecule has 3 aromatic rings. The van der Waals surface area contributed by atoms with Gasteiger partial charge in [0.2, 0.25) is 5.75 Å². The van der Waals surface area contributed by atoms with Gasteiger partial charge in [0, 0.05) is 41.5 Å². The van der Waals surface area contributed by atoms with E-state index in [1.807, 2.05) is 29.8 Å². The van der Waals surface area contributed by atoms with Gasteiger partial charge in [-0.15, -0.1) is 11.3 Å². The van der Waals surface area contributed by atoms with Gasteiger partial charge in [0.15, 0.2) is 11.5 Å². The molecule has 2 aromatic heterocycles. The standard InChI is InChI=1S/C20H21N3O4S/c1-25-16-8-15(9-17(26-2)19(16)27-3)23-20(24)22-11-13-7-14(12-21-10-13)18-5-4-6-28-18/h4-10,12H,11H2,1-3H3,(H2,22,23,24). The lowest BCUT2D eigenvalue weighted by Gasteiger charge is -2.15. The molecule has 0 aliphatic carbocycles. The van der Waals surface area contributed by atoms with Crippen molar-refractivity contribution >= 4 is 23.1 Å². The van der Waals surface area contributed by atoms with E-state index in [0.29, 0.717) is 29.5 Å². The number of carbonyl (C=O) groups is 1. The van der Waals surface area contributed by atoms with Gasteiger partial charge in [0.1, 0.15) is 0 Å². The van der Waals surface area contributed by atoms with E-state index >= 15 is 0 Å². The number of methoxy groups -OCH3 is 3. The van der Waals surface area contributed by atoms with Crippen LogP contribution in [0.3, 0.4) is 0 Å². The topological polar surface area (TPSA) is 81.7 Å². The number of nitrogens with zero attached hydrogens (tertiary/aromatic N) is 1. The number of anilines is 1. The van der Waals surface area contributed by atoms with Gasteiger partial charge in [-0.3, -0.25) is 4.98 Å². The maximum atomic E-state index is 12.3. The van der Waals surface area contributed by atoms with Crippen molar-refractivity contribution in [3.8, 4) is 27.7 Å². The first kappa shape index (κ1) is 19.5. The molecule has 0 fully saturated rings. The molecule has 0 atom stereocenters. The molecule has 2 N–H and O–H groups in total. The number of hydrogen-bond acceptors (Lipinski definition) is 6. The van der Waals surface area contributed by atoms with Crippen LogP contribution in [0.2, 0.25) is 0 Å². The first-order chi connectivity index (χ1) is 13.6. The largest absolute Gasteiger partial charge is 0.493 e. The normalized spacial score (nSPS) is 10.2. The minimum absolute atomic E-state index is 0.350. The minimum atomic E-state index is -0.351. The Morgan fingerprint density at radius 1 is 1.07 bits per heavy atom. The van der Waals surface area contributed by atoms with Crippen molar-refractivity contribution in [2.75, 3.05) is 26.6 Å². The van der Waals surface area contributed by atoms with E-state index in [1.54, 1.807) is 29.7 Å².